The van der Waals surface area contributed by atoms with Crippen molar-refractivity contribution >= 4 is 41.2 Å². The third kappa shape index (κ3) is 11.4. The molecule has 2 aliphatic rings. The molecule has 0 radical (unpaired) electrons. The number of fused-ring (bicyclic) bond motifs is 1. The first-order valence-corrected chi connectivity index (χ1v) is 19.0. The van der Waals surface area contributed by atoms with Crippen LogP contribution in [0.15, 0.2) is 30.3 Å². The number of carbonyl (C=O) groups is 7. The number of nitrogens with one attached hydrogen (secondary N) is 5. The van der Waals surface area contributed by atoms with Crippen molar-refractivity contribution in [2.24, 2.45) is 23.7 Å². The van der Waals surface area contributed by atoms with Gasteiger partial charge in [-0.15, -0.1) is 0 Å². The standard InChI is InChI=1S/C39H60N6O7/c1-8-15-29(35(48)38(51)41-25(6)26-16-10-9-11-17-26)42-37(50)34-28-19-14-18-27(28)22-45(34)39(52)33(24(4)5)44-36(49)32(23(2)3)43-31(47)21-13-12-20-30(46)40-7/h9-11,16-17,23-25,27-29,32-34H,8,12-15,18-22H2,1-7H3,(H,40,46)(H,41,51)(H,42,50)(H,43,47)(H,44,49)/t25-,27-,28-,29?,32-,33-,34?/m0/s1. The number of carbonyl (C=O) groups excluding carboxylic acids is 7. The average Bonchev–Trinajstić information content (AvgIpc) is 3.72. The summed E-state index contributed by atoms with van der Waals surface area (Å²) >= 11 is 0. The summed E-state index contributed by atoms with van der Waals surface area (Å²) in [5, 5.41) is 13.8. The van der Waals surface area contributed by atoms with Crippen LogP contribution in [0, 0.1) is 23.7 Å². The highest BCUT2D eigenvalue weighted by atomic mass is 16.2. The smallest absolute Gasteiger partial charge is 0.290 e. The van der Waals surface area contributed by atoms with Crippen molar-refractivity contribution in [1.82, 2.24) is 31.5 Å². The molecular formula is C39H60N6O7. The quantitative estimate of drug-likeness (QED) is 0.107. The van der Waals surface area contributed by atoms with Crippen LogP contribution in [0.25, 0.3) is 0 Å². The van der Waals surface area contributed by atoms with Crippen LogP contribution >= 0.6 is 0 Å². The molecule has 1 saturated heterocycles. The Bertz CT molecular complexity index is 1420. The van der Waals surface area contributed by atoms with Crippen molar-refractivity contribution in [3.63, 3.8) is 0 Å². The Balaban J connectivity index is 1.73. The lowest BCUT2D eigenvalue weighted by Crippen LogP contribution is -2.60. The topological polar surface area (TPSA) is 183 Å². The van der Waals surface area contributed by atoms with E-state index in [0.29, 0.717) is 32.2 Å². The van der Waals surface area contributed by atoms with Gasteiger partial charge < -0.3 is 31.5 Å². The van der Waals surface area contributed by atoms with E-state index in [1.807, 2.05) is 51.1 Å². The summed E-state index contributed by atoms with van der Waals surface area (Å²) in [6.07, 6.45) is 4.82. The van der Waals surface area contributed by atoms with E-state index in [0.717, 1.165) is 24.8 Å². The van der Waals surface area contributed by atoms with Gasteiger partial charge in [-0.25, -0.2) is 0 Å². The van der Waals surface area contributed by atoms with Gasteiger partial charge >= 0.3 is 0 Å². The maximum absolute atomic E-state index is 14.3. The fraction of sp³-hybridized carbons (Fsp3) is 0.667. The molecule has 5 N–H and O–H groups in total. The highest BCUT2D eigenvalue weighted by Crippen LogP contribution is 2.42. The molecule has 3 rings (SSSR count). The minimum absolute atomic E-state index is 0.101. The zero-order valence-electron chi connectivity index (χ0n) is 32.0. The predicted octanol–water partition coefficient (Wildman–Crippen LogP) is 2.93. The molecule has 13 heteroatoms. The van der Waals surface area contributed by atoms with Gasteiger partial charge in [0, 0.05) is 26.4 Å². The number of nitrogens with zero attached hydrogens (tertiary/aromatic N) is 1. The zero-order chi connectivity index (χ0) is 38.5. The molecule has 0 aromatic heterocycles. The fourth-order valence-corrected chi connectivity index (χ4v) is 7.35. The molecule has 2 fully saturated rings. The number of hydrogen-bond acceptors (Lipinski definition) is 7. The summed E-state index contributed by atoms with van der Waals surface area (Å²) < 4.78 is 0. The molecule has 13 nitrogen and oxygen atoms in total. The molecule has 6 amide bonds. The van der Waals surface area contributed by atoms with E-state index < -0.39 is 59.6 Å². The van der Waals surface area contributed by atoms with Crippen molar-refractivity contribution in [1.29, 1.82) is 0 Å². The number of amides is 6. The van der Waals surface area contributed by atoms with Gasteiger partial charge in [-0.3, -0.25) is 33.6 Å². The van der Waals surface area contributed by atoms with Crippen molar-refractivity contribution < 1.29 is 33.6 Å². The summed E-state index contributed by atoms with van der Waals surface area (Å²) in [4.78, 5) is 94.4. The maximum Gasteiger partial charge on any atom is 0.290 e. The second kappa shape index (κ2) is 20.1. The van der Waals surface area contributed by atoms with Gasteiger partial charge in [0.2, 0.25) is 35.3 Å². The summed E-state index contributed by atoms with van der Waals surface area (Å²) in [6.45, 7) is 11.2. The van der Waals surface area contributed by atoms with Crippen LogP contribution in [0.1, 0.15) is 111 Å². The molecule has 0 spiro atoms. The molecule has 1 aliphatic carbocycles. The SMILES string of the molecule is CCCC(NC(=O)C1[C@H]2CCC[C@H]2CN1C(=O)[C@@H](NC(=O)[C@@H](NC(=O)CCCCC(=O)NC)C(C)C)C(C)C)C(=O)C(=O)N[C@@H](C)c1ccccc1. The molecule has 52 heavy (non-hydrogen) atoms. The summed E-state index contributed by atoms with van der Waals surface area (Å²) in [5.41, 5.74) is 0.843. The Kier molecular flexibility index (Phi) is 16.3. The first kappa shape index (κ1) is 42.1. The summed E-state index contributed by atoms with van der Waals surface area (Å²) in [7, 11) is 1.56. The van der Waals surface area contributed by atoms with Gasteiger partial charge in [-0.2, -0.15) is 0 Å². The monoisotopic (exact) mass is 724 g/mol. The molecule has 1 aromatic carbocycles. The predicted molar refractivity (Wildman–Crippen MR) is 197 cm³/mol. The van der Waals surface area contributed by atoms with Gasteiger partial charge in [-0.1, -0.05) is 77.8 Å². The van der Waals surface area contributed by atoms with E-state index in [-0.39, 0.29) is 48.3 Å². The van der Waals surface area contributed by atoms with E-state index >= 15 is 0 Å². The van der Waals surface area contributed by atoms with Gasteiger partial charge in [0.25, 0.3) is 5.91 Å². The Hall–Kier alpha value is -4.29. The van der Waals surface area contributed by atoms with Gasteiger partial charge in [0.05, 0.1) is 12.1 Å². The largest absolute Gasteiger partial charge is 0.359 e. The zero-order valence-corrected chi connectivity index (χ0v) is 32.0. The number of benzene rings is 1. The highest BCUT2D eigenvalue weighted by Gasteiger charge is 2.51. The molecule has 0 bridgehead atoms. The van der Waals surface area contributed by atoms with Crippen LogP contribution in [-0.4, -0.2) is 83.9 Å². The normalized spacial score (nSPS) is 20.3. The molecular weight excluding hydrogens is 664 g/mol. The van der Waals surface area contributed by atoms with Crippen LogP contribution in [0.3, 0.4) is 0 Å². The Morgan fingerprint density at radius 3 is 2.02 bits per heavy atom. The Labute approximate surface area is 308 Å². The molecule has 288 valence electrons. The van der Waals surface area contributed by atoms with Crippen LogP contribution in [-0.2, 0) is 33.6 Å². The molecule has 1 aromatic rings. The molecule has 2 unspecified atom stereocenters. The lowest BCUT2D eigenvalue weighted by molar-refractivity contribution is -0.145. The summed E-state index contributed by atoms with van der Waals surface area (Å²) in [5.74, 6) is -3.92. The van der Waals surface area contributed by atoms with E-state index in [1.165, 1.54) is 0 Å². The number of unbranched alkanes of at least 4 members (excludes halogenated alkanes) is 1. The minimum Gasteiger partial charge on any atom is -0.359 e. The Morgan fingerprint density at radius 1 is 0.788 bits per heavy atom. The van der Waals surface area contributed by atoms with Crippen molar-refractivity contribution in [2.45, 2.75) is 130 Å². The van der Waals surface area contributed by atoms with E-state index in [4.69, 9.17) is 0 Å². The first-order chi connectivity index (χ1) is 24.7. The third-order valence-corrected chi connectivity index (χ3v) is 10.4. The number of hydrogen-bond donors (Lipinski definition) is 5. The minimum atomic E-state index is -1.06. The Morgan fingerprint density at radius 2 is 1.42 bits per heavy atom. The van der Waals surface area contributed by atoms with Crippen LogP contribution in [0.5, 0.6) is 0 Å². The fourth-order valence-electron chi connectivity index (χ4n) is 7.35. The number of rotatable bonds is 19. The van der Waals surface area contributed by atoms with Gasteiger partial charge in [-0.05, 0) is 68.3 Å². The first-order valence-electron chi connectivity index (χ1n) is 19.0. The van der Waals surface area contributed by atoms with Crippen molar-refractivity contribution in [3.8, 4) is 0 Å². The third-order valence-electron chi connectivity index (χ3n) is 10.4. The maximum atomic E-state index is 14.3. The molecule has 1 aliphatic heterocycles. The van der Waals surface area contributed by atoms with Crippen molar-refractivity contribution in [2.75, 3.05) is 13.6 Å². The highest BCUT2D eigenvalue weighted by molar-refractivity contribution is 6.38. The second-order valence-electron chi connectivity index (χ2n) is 15.0. The van der Waals surface area contributed by atoms with Crippen LogP contribution in [0.4, 0.5) is 0 Å². The van der Waals surface area contributed by atoms with Crippen LogP contribution in [0.2, 0.25) is 0 Å². The number of Topliss-reactive ketones (excluding diaryl/α,β-unsaturated/α-hetero) is 1. The number of ketones is 1. The van der Waals surface area contributed by atoms with E-state index in [1.54, 1.807) is 32.7 Å². The lowest BCUT2D eigenvalue weighted by Gasteiger charge is -2.34. The van der Waals surface area contributed by atoms with Crippen molar-refractivity contribution in [3.05, 3.63) is 35.9 Å². The molecule has 1 heterocycles. The molecule has 1 saturated carbocycles. The molecule has 7 atom stereocenters. The van der Waals surface area contributed by atoms with Gasteiger partial charge in [0.1, 0.15) is 18.1 Å². The second-order valence-corrected chi connectivity index (χ2v) is 15.0. The van der Waals surface area contributed by atoms with Crippen LogP contribution < -0.4 is 26.6 Å². The van der Waals surface area contributed by atoms with E-state index in [9.17, 15) is 33.6 Å². The van der Waals surface area contributed by atoms with E-state index in [2.05, 4.69) is 26.6 Å². The summed E-state index contributed by atoms with van der Waals surface area (Å²) in [6, 6.07) is 5.09. The van der Waals surface area contributed by atoms with Gasteiger partial charge in [0.15, 0.2) is 0 Å². The number of likely N-dealkylation sites (tertiary alicyclic amines) is 1. The average molecular weight is 725 g/mol. The lowest BCUT2D eigenvalue weighted by atomic mass is 9.92.